The Labute approximate surface area is 160 Å². The third kappa shape index (κ3) is 3.86. The van der Waals surface area contributed by atoms with Gasteiger partial charge in [-0.1, -0.05) is 55.0 Å². The van der Waals surface area contributed by atoms with E-state index >= 15 is 0 Å². The largest absolute Gasteiger partial charge is 0.449 e. The van der Waals surface area contributed by atoms with Gasteiger partial charge in [0.2, 0.25) is 0 Å². The average molecular weight is 365 g/mol. The minimum atomic E-state index is -0.329. The lowest BCUT2D eigenvalue weighted by Gasteiger charge is -2.18. The summed E-state index contributed by atoms with van der Waals surface area (Å²) in [5.74, 6) is 0.468. The lowest BCUT2D eigenvalue weighted by molar-refractivity contribution is 0.138. The van der Waals surface area contributed by atoms with Crippen molar-refractivity contribution < 1.29 is 14.6 Å². The molecule has 0 aromatic heterocycles. The van der Waals surface area contributed by atoms with Gasteiger partial charge in [-0.15, -0.1) is 0 Å². The van der Waals surface area contributed by atoms with E-state index in [1.807, 2.05) is 12.1 Å². The first-order valence-corrected chi connectivity index (χ1v) is 9.98. The summed E-state index contributed by atoms with van der Waals surface area (Å²) in [5, 5.41) is 12.4. The summed E-state index contributed by atoms with van der Waals surface area (Å²) in [6.45, 7) is 0.601. The molecule has 1 fully saturated rings. The summed E-state index contributed by atoms with van der Waals surface area (Å²) in [6, 6.07) is 16.9. The molecule has 0 aliphatic heterocycles. The normalized spacial score (nSPS) is 21.8. The van der Waals surface area contributed by atoms with Crippen molar-refractivity contribution in [2.45, 2.75) is 44.1 Å². The van der Waals surface area contributed by atoms with Crippen molar-refractivity contribution in [1.29, 1.82) is 0 Å². The number of benzene rings is 2. The smallest absolute Gasteiger partial charge is 0.407 e. The van der Waals surface area contributed by atoms with E-state index in [9.17, 15) is 9.90 Å². The molecule has 1 saturated carbocycles. The Morgan fingerprint density at radius 1 is 0.963 bits per heavy atom. The number of alkyl carbamates (subject to hydrolysis) is 1. The maximum Gasteiger partial charge on any atom is 0.407 e. The maximum absolute atomic E-state index is 12.4. The molecule has 2 aliphatic carbocycles. The first kappa shape index (κ1) is 18.1. The Bertz CT molecular complexity index is 758. The minimum absolute atomic E-state index is 0.0936. The number of hydrogen-bond acceptors (Lipinski definition) is 3. The van der Waals surface area contributed by atoms with Gasteiger partial charge in [0, 0.05) is 18.6 Å². The summed E-state index contributed by atoms with van der Waals surface area (Å²) in [4.78, 5) is 12.4. The van der Waals surface area contributed by atoms with E-state index in [1.165, 1.54) is 22.3 Å². The van der Waals surface area contributed by atoms with Crippen LogP contribution < -0.4 is 5.32 Å². The highest BCUT2D eigenvalue weighted by molar-refractivity contribution is 5.79. The molecule has 0 saturated heterocycles. The lowest BCUT2D eigenvalue weighted by Crippen LogP contribution is -2.35. The fraction of sp³-hybridized carbons (Fsp3) is 0.435. The quantitative estimate of drug-likeness (QED) is 0.786. The number of amides is 1. The molecule has 2 atom stereocenters. The fourth-order valence-corrected chi connectivity index (χ4v) is 4.51. The number of rotatable bonds is 4. The molecule has 0 radical (unpaired) electrons. The molecule has 2 aromatic carbocycles. The van der Waals surface area contributed by atoms with E-state index in [-0.39, 0.29) is 24.7 Å². The zero-order valence-electron chi connectivity index (χ0n) is 15.6. The monoisotopic (exact) mass is 365 g/mol. The van der Waals surface area contributed by atoms with Gasteiger partial charge >= 0.3 is 6.09 Å². The van der Waals surface area contributed by atoms with E-state index in [0.717, 1.165) is 32.1 Å². The van der Waals surface area contributed by atoms with Crippen molar-refractivity contribution in [2.24, 2.45) is 5.92 Å². The van der Waals surface area contributed by atoms with Crippen molar-refractivity contribution in [3.8, 4) is 11.1 Å². The molecule has 2 aliphatic rings. The maximum atomic E-state index is 12.4. The molecule has 4 rings (SSSR count). The molecule has 2 aromatic rings. The van der Waals surface area contributed by atoms with Crippen LogP contribution in [-0.4, -0.2) is 30.5 Å². The van der Waals surface area contributed by atoms with Gasteiger partial charge in [0.15, 0.2) is 0 Å². The summed E-state index contributed by atoms with van der Waals surface area (Å²) in [5.41, 5.74) is 4.93. The van der Waals surface area contributed by atoms with E-state index in [2.05, 4.69) is 41.7 Å². The topological polar surface area (TPSA) is 58.6 Å². The summed E-state index contributed by atoms with van der Waals surface area (Å²) >= 11 is 0. The van der Waals surface area contributed by atoms with Crippen LogP contribution in [0, 0.1) is 5.92 Å². The third-order valence-electron chi connectivity index (χ3n) is 6.01. The van der Waals surface area contributed by atoms with Crippen LogP contribution in [0.25, 0.3) is 11.1 Å². The Balaban J connectivity index is 1.38. The highest BCUT2D eigenvalue weighted by Gasteiger charge is 2.29. The summed E-state index contributed by atoms with van der Waals surface area (Å²) in [7, 11) is 0. The zero-order valence-corrected chi connectivity index (χ0v) is 15.6. The summed E-state index contributed by atoms with van der Waals surface area (Å²) < 4.78 is 5.64. The number of fused-ring (bicyclic) bond motifs is 3. The molecular formula is C23H27NO3. The van der Waals surface area contributed by atoms with E-state index in [0.29, 0.717) is 12.5 Å². The van der Waals surface area contributed by atoms with Gasteiger partial charge in [-0.05, 0) is 53.9 Å². The number of ether oxygens (including phenoxy) is 1. The van der Waals surface area contributed by atoms with E-state index in [4.69, 9.17) is 4.74 Å². The van der Waals surface area contributed by atoms with Crippen molar-refractivity contribution in [3.05, 3.63) is 59.7 Å². The van der Waals surface area contributed by atoms with Crippen molar-refractivity contribution in [1.82, 2.24) is 5.32 Å². The standard InChI is InChI=1S/C23H27NO3/c25-14-16-6-5-7-17(13-12-16)24-23(26)27-15-22-20-10-3-1-8-18(20)19-9-2-4-11-21(19)22/h1-4,8-11,16-17,22,25H,5-7,12-15H2,(H,24,26). The second kappa shape index (κ2) is 8.13. The molecule has 1 amide bonds. The van der Waals surface area contributed by atoms with Crippen molar-refractivity contribution >= 4 is 6.09 Å². The van der Waals surface area contributed by atoms with Crippen LogP contribution in [0.5, 0.6) is 0 Å². The van der Waals surface area contributed by atoms with Gasteiger partial charge in [-0.25, -0.2) is 4.79 Å². The van der Waals surface area contributed by atoms with Crippen LogP contribution in [0.2, 0.25) is 0 Å². The van der Waals surface area contributed by atoms with E-state index < -0.39 is 0 Å². The molecule has 4 heteroatoms. The number of aliphatic hydroxyl groups is 1. The predicted molar refractivity (Wildman–Crippen MR) is 106 cm³/mol. The number of hydrogen-bond donors (Lipinski definition) is 2. The molecule has 0 bridgehead atoms. The number of nitrogens with one attached hydrogen (secondary N) is 1. The molecule has 2 unspecified atom stereocenters. The minimum Gasteiger partial charge on any atom is -0.449 e. The highest BCUT2D eigenvalue weighted by atomic mass is 16.5. The van der Waals surface area contributed by atoms with Crippen LogP contribution in [-0.2, 0) is 4.74 Å². The van der Waals surface area contributed by atoms with Crippen molar-refractivity contribution in [3.63, 3.8) is 0 Å². The molecule has 0 spiro atoms. The highest BCUT2D eigenvalue weighted by Crippen LogP contribution is 2.44. The Morgan fingerprint density at radius 2 is 1.63 bits per heavy atom. The van der Waals surface area contributed by atoms with Crippen LogP contribution in [0.4, 0.5) is 4.79 Å². The van der Waals surface area contributed by atoms with Crippen LogP contribution >= 0.6 is 0 Å². The number of carbonyl (C=O) groups excluding carboxylic acids is 1. The summed E-state index contributed by atoms with van der Waals surface area (Å²) in [6.07, 6.45) is 4.59. The van der Waals surface area contributed by atoms with Gasteiger partial charge in [-0.2, -0.15) is 0 Å². The molecular weight excluding hydrogens is 338 g/mol. The van der Waals surface area contributed by atoms with E-state index in [1.54, 1.807) is 0 Å². The SMILES string of the molecule is O=C(NC1CCCC(CO)CC1)OCC1c2ccccc2-c2ccccc21. The van der Waals surface area contributed by atoms with Crippen LogP contribution in [0.3, 0.4) is 0 Å². The van der Waals surface area contributed by atoms with Crippen molar-refractivity contribution in [2.75, 3.05) is 13.2 Å². The molecule has 2 N–H and O–H groups in total. The Hall–Kier alpha value is -2.33. The zero-order chi connectivity index (χ0) is 18.6. The first-order valence-electron chi connectivity index (χ1n) is 9.98. The van der Waals surface area contributed by atoms with Gasteiger partial charge < -0.3 is 15.2 Å². The second-order valence-electron chi connectivity index (χ2n) is 7.72. The van der Waals surface area contributed by atoms with Gasteiger partial charge in [0.25, 0.3) is 0 Å². The number of aliphatic hydroxyl groups excluding tert-OH is 1. The molecule has 4 nitrogen and oxygen atoms in total. The van der Waals surface area contributed by atoms with Gasteiger partial charge in [0.05, 0.1) is 0 Å². The molecule has 27 heavy (non-hydrogen) atoms. The molecule has 0 heterocycles. The Kier molecular flexibility index (Phi) is 5.44. The third-order valence-corrected chi connectivity index (χ3v) is 6.01. The lowest BCUT2D eigenvalue weighted by atomic mass is 9.98. The first-order chi connectivity index (χ1) is 13.3. The van der Waals surface area contributed by atoms with Gasteiger partial charge in [0.1, 0.15) is 6.61 Å². The predicted octanol–water partition coefficient (Wildman–Crippen LogP) is 4.47. The van der Waals surface area contributed by atoms with Crippen LogP contribution in [0.15, 0.2) is 48.5 Å². The number of carbonyl (C=O) groups is 1. The fourth-order valence-electron chi connectivity index (χ4n) is 4.51. The average Bonchev–Trinajstić information content (AvgIpc) is 2.84. The second-order valence-corrected chi connectivity index (χ2v) is 7.72. The Morgan fingerprint density at radius 3 is 2.30 bits per heavy atom. The van der Waals surface area contributed by atoms with Crippen LogP contribution in [0.1, 0.15) is 49.1 Å². The molecule has 142 valence electrons. The van der Waals surface area contributed by atoms with Gasteiger partial charge in [-0.3, -0.25) is 0 Å².